The molecule has 1 saturated heterocycles. The molecule has 1 fully saturated rings. The van der Waals surface area contributed by atoms with Gasteiger partial charge in [0.2, 0.25) is 0 Å². The molecule has 0 N–H and O–H groups in total. The Morgan fingerprint density at radius 2 is 1.76 bits per heavy atom. The second kappa shape index (κ2) is 5.02. The molecule has 17 heavy (non-hydrogen) atoms. The molecule has 2 rings (SSSR count). The van der Waals surface area contributed by atoms with Gasteiger partial charge in [-0.1, -0.05) is 23.2 Å². The van der Waals surface area contributed by atoms with Crippen LogP contribution in [0.5, 0.6) is 0 Å². The van der Waals surface area contributed by atoms with Gasteiger partial charge in [-0.05, 0) is 0 Å². The van der Waals surface area contributed by atoms with Crippen LogP contribution in [-0.4, -0.2) is 30.3 Å². The van der Waals surface area contributed by atoms with Crippen molar-refractivity contribution in [3.05, 3.63) is 21.9 Å². The summed E-state index contributed by atoms with van der Waals surface area (Å²) in [6.45, 7) is 1.06. The summed E-state index contributed by atoms with van der Waals surface area (Å²) in [6.07, 6.45) is 1.17. The Morgan fingerprint density at radius 1 is 1.24 bits per heavy atom. The Hall–Kier alpha value is -0.490. The smallest absolute Gasteiger partial charge is 0.197 e. The SMILES string of the molecule is COC1(c2nc(Cl)c(F)c(Cl)n2)CCOCC1. The van der Waals surface area contributed by atoms with Gasteiger partial charge in [0.05, 0.1) is 0 Å². The average molecular weight is 281 g/mol. The van der Waals surface area contributed by atoms with Crippen molar-refractivity contribution in [2.24, 2.45) is 0 Å². The normalized spacial score (nSPS) is 19.3. The summed E-state index contributed by atoms with van der Waals surface area (Å²) < 4.78 is 24.0. The van der Waals surface area contributed by atoms with Gasteiger partial charge < -0.3 is 9.47 Å². The maximum Gasteiger partial charge on any atom is 0.197 e. The van der Waals surface area contributed by atoms with Gasteiger partial charge in [-0.2, -0.15) is 0 Å². The molecule has 4 nitrogen and oxygen atoms in total. The van der Waals surface area contributed by atoms with Gasteiger partial charge in [0.1, 0.15) is 5.60 Å². The van der Waals surface area contributed by atoms with Crippen LogP contribution < -0.4 is 0 Å². The van der Waals surface area contributed by atoms with Crippen molar-refractivity contribution in [2.45, 2.75) is 18.4 Å². The van der Waals surface area contributed by atoms with Gasteiger partial charge in [0.25, 0.3) is 0 Å². The maximum atomic E-state index is 13.3. The zero-order chi connectivity index (χ0) is 12.5. The van der Waals surface area contributed by atoms with E-state index < -0.39 is 11.4 Å². The summed E-state index contributed by atoms with van der Waals surface area (Å²) in [7, 11) is 1.56. The highest BCUT2D eigenvalue weighted by atomic mass is 35.5. The number of aromatic nitrogens is 2. The lowest BCUT2D eigenvalue weighted by Crippen LogP contribution is -2.37. The van der Waals surface area contributed by atoms with E-state index >= 15 is 0 Å². The quantitative estimate of drug-likeness (QED) is 0.781. The first-order valence-corrected chi connectivity index (χ1v) is 5.86. The van der Waals surface area contributed by atoms with Gasteiger partial charge in [-0.25, -0.2) is 14.4 Å². The first kappa shape index (κ1) is 13.0. The van der Waals surface area contributed by atoms with Crippen molar-refractivity contribution < 1.29 is 13.9 Å². The third-order valence-corrected chi connectivity index (χ3v) is 3.37. The maximum absolute atomic E-state index is 13.3. The van der Waals surface area contributed by atoms with Crippen molar-refractivity contribution in [1.82, 2.24) is 9.97 Å². The first-order valence-electron chi connectivity index (χ1n) is 5.11. The van der Waals surface area contributed by atoms with E-state index in [-0.39, 0.29) is 10.3 Å². The molecule has 0 aromatic carbocycles. The molecule has 1 aliphatic heterocycles. The first-order chi connectivity index (χ1) is 8.09. The summed E-state index contributed by atoms with van der Waals surface area (Å²) >= 11 is 11.3. The number of halogens is 3. The third kappa shape index (κ3) is 2.38. The fourth-order valence-electron chi connectivity index (χ4n) is 1.82. The summed E-state index contributed by atoms with van der Waals surface area (Å²) in [5.41, 5.74) is -0.695. The minimum atomic E-state index is -0.810. The molecule has 1 aromatic rings. The van der Waals surface area contributed by atoms with Crippen LogP contribution >= 0.6 is 23.2 Å². The molecule has 0 atom stereocenters. The molecule has 0 amide bonds. The van der Waals surface area contributed by atoms with Gasteiger partial charge in [0.15, 0.2) is 21.9 Å². The topological polar surface area (TPSA) is 44.2 Å². The molecule has 0 bridgehead atoms. The summed E-state index contributed by atoms with van der Waals surface area (Å²) in [5.74, 6) is -0.505. The van der Waals surface area contributed by atoms with E-state index in [1.54, 1.807) is 7.11 Å². The van der Waals surface area contributed by atoms with E-state index in [0.717, 1.165) is 0 Å². The van der Waals surface area contributed by atoms with Crippen LogP contribution in [0.2, 0.25) is 10.3 Å². The predicted molar refractivity (Wildman–Crippen MR) is 60.8 cm³/mol. The molecule has 0 spiro atoms. The van der Waals surface area contributed by atoms with E-state index in [1.807, 2.05) is 0 Å². The molecule has 2 heterocycles. The minimum absolute atomic E-state index is 0.289. The van der Waals surface area contributed by atoms with Gasteiger partial charge >= 0.3 is 0 Å². The van der Waals surface area contributed by atoms with Crippen LogP contribution in [-0.2, 0) is 15.1 Å². The van der Waals surface area contributed by atoms with E-state index in [1.165, 1.54) is 0 Å². The van der Waals surface area contributed by atoms with Crippen LogP contribution in [0.25, 0.3) is 0 Å². The van der Waals surface area contributed by atoms with Crippen molar-refractivity contribution in [1.29, 1.82) is 0 Å². The van der Waals surface area contributed by atoms with Gasteiger partial charge in [-0.15, -0.1) is 0 Å². The number of hydrogen-bond donors (Lipinski definition) is 0. The Labute approximate surface area is 108 Å². The lowest BCUT2D eigenvalue weighted by Gasteiger charge is -2.34. The van der Waals surface area contributed by atoms with Crippen molar-refractivity contribution >= 4 is 23.2 Å². The second-order valence-electron chi connectivity index (χ2n) is 3.75. The molecular weight excluding hydrogens is 270 g/mol. The zero-order valence-corrected chi connectivity index (χ0v) is 10.7. The lowest BCUT2D eigenvalue weighted by atomic mass is 9.93. The van der Waals surface area contributed by atoms with Gasteiger partial charge in [0, 0.05) is 33.2 Å². The van der Waals surface area contributed by atoms with Gasteiger partial charge in [-0.3, -0.25) is 0 Å². The molecule has 0 aliphatic carbocycles. The largest absolute Gasteiger partial charge is 0.381 e. The Morgan fingerprint density at radius 3 is 2.24 bits per heavy atom. The van der Waals surface area contributed by atoms with Crippen molar-refractivity contribution in [3.8, 4) is 0 Å². The number of nitrogens with zero attached hydrogens (tertiary/aromatic N) is 2. The molecule has 0 saturated carbocycles. The Balaban J connectivity index is 2.43. The highest BCUT2D eigenvalue weighted by molar-refractivity contribution is 6.33. The fraction of sp³-hybridized carbons (Fsp3) is 0.600. The number of rotatable bonds is 2. The summed E-state index contributed by atoms with van der Waals surface area (Å²) in [5, 5.41) is -0.578. The van der Waals surface area contributed by atoms with Crippen molar-refractivity contribution in [2.75, 3.05) is 20.3 Å². The van der Waals surface area contributed by atoms with Crippen molar-refractivity contribution in [3.63, 3.8) is 0 Å². The summed E-state index contributed by atoms with van der Waals surface area (Å²) in [4.78, 5) is 7.83. The highest BCUT2D eigenvalue weighted by Crippen LogP contribution is 2.35. The standard InChI is InChI=1S/C10H11Cl2FN2O2/c1-16-10(2-4-17-5-3-10)9-14-7(11)6(13)8(12)15-9/h2-5H2,1H3. The molecule has 0 radical (unpaired) electrons. The fourth-order valence-corrected chi connectivity index (χ4v) is 2.21. The van der Waals surface area contributed by atoms with Crippen LogP contribution in [0.3, 0.4) is 0 Å². The average Bonchev–Trinajstić information content (AvgIpc) is 2.36. The number of methoxy groups -OCH3 is 1. The second-order valence-corrected chi connectivity index (χ2v) is 4.47. The monoisotopic (exact) mass is 280 g/mol. The van der Waals surface area contributed by atoms with Crippen LogP contribution in [0.15, 0.2) is 0 Å². The molecule has 0 unspecified atom stereocenters. The third-order valence-electron chi connectivity index (χ3n) is 2.87. The number of hydrogen-bond acceptors (Lipinski definition) is 4. The van der Waals surface area contributed by atoms with E-state index in [4.69, 9.17) is 32.7 Å². The predicted octanol–water partition coefficient (Wildman–Crippen LogP) is 2.57. The molecular formula is C10H11Cl2FN2O2. The Bertz CT molecular complexity index is 402. The molecule has 7 heteroatoms. The summed E-state index contributed by atoms with van der Waals surface area (Å²) in [6, 6.07) is 0. The van der Waals surface area contributed by atoms with Crippen LogP contribution in [0.4, 0.5) is 4.39 Å². The number of ether oxygens (including phenoxy) is 2. The van der Waals surface area contributed by atoms with Crippen LogP contribution in [0, 0.1) is 5.82 Å². The van der Waals surface area contributed by atoms with E-state index in [2.05, 4.69) is 9.97 Å². The molecule has 1 aromatic heterocycles. The Kier molecular flexibility index (Phi) is 3.82. The highest BCUT2D eigenvalue weighted by Gasteiger charge is 2.38. The van der Waals surface area contributed by atoms with E-state index in [9.17, 15) is 4.39 Å². The van der Waals surface area contributed by atoms with Crippen LogP contribution in [0.1, 0.15) is 18.7 Å². The van der Waals surface area contributed by atoms with E-state index in [0.29, 0.717) is 31.9 Å². The lowest BCUT2D eigenvalue weighted by molar-refractivity contribution is -0.100. The minimum Gasteiger partial charge on any atom is -0.381 e. The molecule has 1 aliphatic rings. The molecule has 94 valence electrons. The zero-order valence-electron chi connectivity index (χ0n) is 9.17.